The van der Waals surface area contributed by atoms with Gasteiger partial charge in [-0.2, -0.15) is 5.10 Å². The number of benzene rings is 2. The van der Waals surface area contributed by atoms with Crippen LogP contribution in [0.3, 0.4) is 0 Å². The Hall–Kier alpha value is -3.75. The first-order valence-corrected chi connectivity index (χ1v) is 8.89. The summed E-state index contributed by atoms with van der Waals surface area (Å²) >= 11 is 0. The molecule has 1 amide bonds. The quantitative estimate of drug-likeness (QED) is 0.566. The number of carbonyl (C=O) groups is 2. The van der Waals surface area contributed by atoms with Crippen molar-refractivity contribution in [1.29, 1.82) is 0 Å². The molecule has 0 aromatic heterocycles. The molecule has 29 heavy (non-hydrogen) atoms. The average Bonchev–Trinajstić information content (AvgIpc) is 3.17. The molecule has 1 aliphatic heterocycles. The molecule has 2 aromatic carbocycles. The van der Waals surface area contributed by atoms with Crippen LogP contribution < -0.4 is 4.74 Å². The Morgan fingerprint density at radius 3 is 2.59 bits per heavy atom. The normalized spacial score (nSPS) is 15.7. The van der Waals surface area contributed by atoms with Crippen LogP contribution in [0.25, 0.3) is 0 Å². The molecule has 0 bridgehead atoms. The number of carbonyl (C=O) groups excluding carboxylic acids is 1. The minimum atomic E-state index is -1.06. The molecule has 0 saturated carbocycles. The third kappa shape index (κ3) is 4.57. The molecule has 0 fully saturated rings. The highest BCUT2D eigenvalue weighted by Gasteiger charge is 2.33. The Morgan fingerprint density at radius 1 is 1.24 bits per heavy atom. The number of carboxylic acids is 1. The number of non-ortho nitro benzene ring substituents is 1. The highest BCUT2D eigenvalue weighted by Crippen LogP contribution is 2.35. The maximum Gasteiger partial charge on any atom is 0.303 e. The lowest BCUT2D eigenvalue weighted by atomic mass is 9.98. The van der Waals surface area contributed by atoms with Crippen LogP contribution in [0.2, 0.25) is 0 Å². The second kappa shape index (κ2) is 8.51. The summed E-state index contributed by atoms with van der Waals surface area (Å²) in [5, 5.41) is 25.5. The molecular weight excluding hydrogens is 378 g/mol. The molecule has 9 heteroatoms. The lowest BCUT2D eigenvalue weighted by Crippen LogP contribution is -2.27. The van der Waals surface area contributed by atoms with E-state index >= 15 is 0 Å². The third-order valence-corrected chi connectivity index (χ3v) is 4.61. The monoisotopic (exact) mass is 397 g/mol. The Labute approximate surface area is 166 Å². The van der Waals surface area contributed by atoms with Crippen LogP contribution >= 0.6 is 0 Å². The van der Waals surface area contributed by atoms with Gasteiger partial charge in [-0.1, -0.05) is 12.1 Å². The van der Waals surface area contributed by atoms with Crippen LogP contribution in [0.15, 0.2) is 53.6 Å². The fourth-order valence-corrected chi connectivity index (χ4v) is 3.13. The molecule has 0 unspecified atom stereocenters. The summed E-state index contributed by atoms with van der Waals surface area (Å²) in [6.07, 6.45) is -0.0703. The zero-order chi connectivity index (χ0) is 21.0. The number of rotatable bonds is 7. The molecule has 1 heterocycles. The smallest absolute Gasteiger partial charge is 0.303 e. The van der Waals surface area contributed by atoms with Gasteiger partial charge in [0.05, 0.1) is 30.2 Å². The van der Waals surface area contributed by atoms with E-state index in [9.17, 15) is 19.7 Å². The van der Waals surface area contributed by atoms with Gasteiger partial charge in [0.2, 0.25) is 5.91 Å². The largest absolute Gasteiger partial charge is 0.497 e. The van der Waals surface area contributed by atoms with Crippen LogP contribution in [0.5, 0.6) is 5.75 Å². The Morgan fingerprint density at radius 2 is 1.97 bits per heavy atom. The van der Waals surface area contributed by atoms with E-state index in [0.717, 1.165) is 5.56 Å². The average molecular weight is 397 g/mol. The summed E-state index contributed by atoms with van der Waals surface area (Å²) in [4.78, 5) is 33.9. The fourth-order valence-electron chi connectivity index (χ4n) is 3.13. The lowest BCUT2D eigenvalue weighted by molar-refractivity contribution is -0.384. The predicted octanol–water partition coefficient (Wildman–Crippen LogP) is 3.15. The van der Waals surface area contributed by atoms with Crippen molar-refractivity contribution in [3.8, 4) is 5.75 Å². The van der Waals surface area contributed by atoms with Crippen LogP contribution in [-0.2, 0) is 9.59 Å². The van der Waals surface area contributed by atoms with E-state index < -0.39 is 22.8 Å². The molecule has 0 saturated heterocycles. The number of carboxylic acid groups (broad SMARTS) is 1. The molecule has 0 aliphatic carbocycles. The van der Waals surface area contributed by atoms with Crippen molar-refractivity contribution >= 4 is 23.3 Å². The number of hydrogen-bond donors (Lipinski definition) is 1. The van der Waals surface area contributed by atoms with E-state index in [1.165, 1.54) is 17.1 Å². The number of hydrogen-bond acceptors (Lipinski definition) is 6. The minimum Gasteiger partial charge on any atom is -0.497 e. The molecule has 0 radical (unpaired) electrons. The van der Waals surface area contributed by atoms with Gasteiger partial charge >= 0.3 is 5.97 Å². The number of ether oxygens (including phenoxy) is 1. The van der Waals surface area contributed by atoms with Crippen molar-refractivity contribution in [1.82, 2.24) is 5.01 Å². The fraction of sp³-hybridized carbons (Fsp3) is 0.250. The van der Waals surface area contributed by atoms with E-state index in [4.69, 9.17) is 9.84 Å². The van der Waals surface area contributed by atoms with Crippen molar-refractivity contribution in [2.45, 2.75) is 25.3 Å². The summed E-state index contributed by atoms with van der Waals surface area (Å²) in [6.45, 7) is 0. The number of nitro groups is 1. The van der Waals surface area contributed by atoms with E-state index in [1.807, 2.05) is 6.07 Å². The molecule has 9 nitrogen and oxygen atoms in total. The molecule has 3 rings (SSSR count). The first-order chi connectivity index (χ1) is 13.9. The maximum absolute atomic E-state index is 12.6. The van der Waals surface area contributed by atoms with Crippen LogP contribution in [0.4, 0.5) is 5.69 Å². The van der Waals surface area contributed by atoms with Crippen molar-refractivity contribution in [2.24, 2.45) is 5.10 Å². The summed E-state index contributed by atoms with van der Waals surface area (Å²) in [7, 11) is 1.54. The van der Waals surface area contributed by atoms with Crippen molar-refractivity contribution in [2.75, 3.05) is 7.11 Å². The van der Waals surface area contributed by atoms with Gasteiger partial charge in [0.15, 0.2) is 0 Å². The molecule has 2 aromatic rings. The van der Waals surface area contributed by atoms with Crippen LogP contribution in [0, 0.1) is 10.1 Å². The van der Waals surface area contributed by atoms with E-state index in [2.05, 4.69) is 5.10 Å². The Bertz CT molecular complexity index is 970. The number of amides is 1. The van der Waals surface area contributed by atoms with Crippen LogP contribution in [-0.4, -0.2) is 39.7 Å². The van der Waals surface area contributed by atoms with Crippen molar-refractivity contribution in [3.63, 3.8) is 0 Å². The summed E-state index contributed by atoms with van der Waals surface area (Å²) in [6, 6.07) is 12.8. The third-order valence-electron chi connectivity index (χ3n) is 4.61. The Kier molecular flexibility index (Phi) is 5.87. The second-order valence-corrected chi connectivity index (χ2v) is 6.48. The van der Waals surface area contributed by atoms with Crippen molar-refractivity contribution in [3.05, 3.63) is 69.8 Å². The number of methoxy groups -OCH3 is 1. The van der Waals surface area contributed by atoms with Gasteiger partial charge in [-0.3, -0.25) is 19.7 Å². The number of aliphatic carboxylic acids is 1. The van der Waals surface area contributed by atoms with E-state index in [1.54, 1.807) is 37.4 Å². The molecule has 1 aliphatic rings. The van der Waals surface area contributed by atoms with E-state index in [0.29, 0.717) is 23.4 Å². The van der Waals surface area contributed by atoms with Gasteiger partial charge in [-0.25, -0.2) is 5.01 Å². The first kappa shape index (κ1) is 20.0. The first-order valence-electron chi connectivity index (χ1n) is 8.89. The van der Waals surface area contributed by atoms with Gasteiger partial charge in [0.1, 0.15) is 5.75 Å². The SMILES string of the molecule is COc1cccc([C@H]2CC(c3ccc([N+](=O)[O-])cc3)=NN2C(=O)CCC(=O)O)c1. The zero-order valence-electron chi connectivity index (χ0n) is 15.6. The minimum absolute atomic E-state index is 0.0360. The standard InChI is InChI=1S/C20H19N3O6/c1-29-16-4-2-3-14(11-16)18-12-17(13-5-7-15(8-6-13)23(27)28)21-22(18)19(24)9-10-20(25)26/h2-8,11,18H,9-10,12H2,1H3,(H,25,26)/t18-/m1/s1. The molecular formula is C20H19N3O6. The van der Waals surface area contributed by atoms with Gasteiger partial charge < -0.3 is 9.84 Å². The number of hydrazone groups is 1. The van der Waals surface area contributed by atoms with Crippen LogP contribution in [0.1, 0.15) is 36.4 Å². The predicted molar refractivity (Wildman–Crippen MR) is 104 cm³/mol. The number of nitro benzene ring substituents is 1. The highest BCUT2D eigenvalue weighted by molar-refractivity contribution is 6.03. The maximum atomic E-state index is 12.6. The highest BCUT2D eigenvalue weighted by atomic mass is 16.6. The van der Waals surface area contributed by atoms with Gasteiger partial charge in [-0.15, -0.1) is 0 Å². The van der Waals surface area contributed by atoms with Gasteiger partial charge in [0, 0.05) is 25.0 Å². The van der Waals surface area contributed by atoms with E-state index in [-0.39, 0.29) is 18.5 Å². The lowest BCUT2D eigenvalue weighted by Gasteiger charge is -2.22. The van der Waals surface area contributed by atoms with Gasteiger partial charge in [-0.05, 0) is 35.4 Å². The summed E-state index contributed by atoms with van der Waals surface area (Å²) in [5.41, 5.74) is 2.02. The topological polar surface area (TPSA) is 122 Å². The second-order valence-electron chi connectivity index (χ2n) is 6.48. The Balaban J connectivity index is 1.92. The molecule has 1 atom stereocenters. The number of nitrogens with zero attached hydrogens (tertiary/aromatic N) is 3. The molecule has 1 N–H and O–H groups in total. The van der Waals surface area contributed by atoms with Crippen molar-refractivity contribution < 1.29 is 24.4 Å². The zero-order valence-corrected chi connectivity index (χ0v) is 15.6. The molecule has 150 valence electrons. The summed E-state index contributed by atoms with van der Waals surface area (Å²) < 4.78 is 5.25. The van der Waals surface area contributed by atoms with Gasteiger partial charge in [0.25, 0.3) is 5.69 Å². The summed E-state index contributed by atoms with van der Waals surface area (Å²) in [5.74, 6) is -0.837. The molecule has 0 spiro atoms.